The van der Waals surface area contributed by atoms with Crippen LogP contribution in [0.15, 0.2) is 48.5 Å². The Morgan fingerprint density at radius 1 is 0.917 bits per heavy atom. The van der Waals surface area contributed by atoms with Crippen LogP contribution in [0.3, 0.4) is 0 Å². The van der Waals surface area contributed by atoms with Gasteiger partial charge in [0.1, 0.15) is 12.4 Å². The minimum absolute atomic E-state index is 0.224. The van der Waals surface area contributed by atoms with Gasteiger partial charge in [0.15, 0.2) is 0 Å². The minimum Gasteiger partial charge on any atom is -0.468 e. The normalized spacial score (nSPS) is 9.92. The van der Waals surface area contributed by atoms with Gasteiger partial charge in [-0.05, 0) is 48.5 Å². The molecule has 2 aromatic carbocycles. The van der Waals surface area contributed by atoms with Gasteiger partial charge in [0, 0.05) is 16.8 Å². The van der Waals surface area contributed by atoms with Crippen LogP contribution in [0.25, 0.3) is 0 Å². The van der Waals surface area contributed by atoms with Crippen molar-refractivity contribution in [3.8, 4) is 0 Å². The van der Waals surface area contributed by atoms with Crippen LogP contribution in [0, 0.1) is 5.82 Å². The van der Waals surface area contributed by atoms with Gasteiger partial charge in [-0.25, -0.2) is 4.39 Å². The van der Waals surface area contributed by atoms with Gasteiger partial charge in [-0.15, -0.1) is 0 Å². The molecule has 2 rings (SSSR count). The molecule has 7 heteroatoms. The van der Waals surface area contributed by atoms with Crippen molar-refractivity contribution in [2.24, 2.45) is 0 Å². The van der Waals surface area contributed by atoms with E-state index in [9.17, 15) is 18.8 Å². The summed E-state index contributed by atoms with van der Waals surface area (Å²) in [6.45, 7) is -0.224. The molecule has 0 aliphatic carbocycles. The first kappa shape index (κ1) is 17.1. The number of nitrogens with one attached hydrogen (secondary N) is 2. The number of anilines is 1. The average molecular weight is 330 g/mol. The predicted octanol–water partition coefficient (Wildman–Crippen LogP) is 1.98. The average Bonchev–Trinajstić information content (AvgIpc) is 2.60. The highest BCUT2D eigenvalue weighted by Gasteiger charge is 2.09. The standard InChI is InChI=1S/C17H15FN2O4/c1-24-15(21)10-19-16(22)11-4-8-14(9-5-11)20-17(23)12-2-6-13(18)7-3-12/h2-9H,10H2,1H3,(H,19,22)(H,20,23). The molecule has 0 radical (unpaired) electrons. The molecule has 0 aromatic heterocycles. The van der Waals surface area contributed by atoms with E-state index in [0.29, 0.717) is 16.8 Å². The Labute approximate surface area is 137 Å². The molecule has 0 saturated carbocycles. The molecule has 0 aliphatic heterocycles. The maximum Gasteiger partial charge on any atom is 0.325 e. The van der Waals surface area contributed by atoms with Crippen molar-refractivity contribution in [1.82, 2.24) is 5.32 Å². The van der Waals surface area contributed by atoms with Gasteiger partial charge >= 0.3 is 5.97 Å². The zero-order valence-electron chi connectivity index (χ0n) is 12.8. The van der Waals surface area contributed by atoms with Gasteiger partial charge in [-0.3, -0.25) is 14.4 Å². The SMILES string of the molecule is COC(=O)CNC(=O)c1ccc(NC(=O)c2ccc(F)cc2)cc1. The number of carbonyl (C=O) groups excluding carboxylic acids is 3. The van der Waals surface area contributed by atoms with Crippen molar-refractivity contribution in [3.05, 3.63) is 65.5 Å². The number of carbonyl (C=O) groups is 3. The highest BCUT2D eigenvalue weighted by molar-refractivity contribution is 6.04. The Bertz CT molecular complexity index is 742. The molecule has 24 heavy (non-hydrogen) atoms. The third-order valence-electron chi connectivity index (χ3n) is 3.13. The molecule has 0 aliphatic rings. The lowest BCUT2D eigenvalue weighted by Crippen LogP contribution is -2.30. The van der Waals surface area contributed by atoms with Gasteiger partial charge in [-0.2, -0.15) is 0 Å². The smallest absolute Gasteiger partial charge is 0.325 e. The van der Waals surface area contributed by atoms with Gasteiger partial charge in [0.05, 0.1) is 7.11 Å². The first-order valence-electron chi connectivity index (χ1n) is 7.01. The van der Waals surface area contributed by atoms with Crippen LogP contribution in [0.1, 0.15) is 20.7 Å². The highest BCUT2D eigenvalue weighted by Crippen LogP contribution is 2.12. The fraction of sp³-hybridized carbons (Fsp3) is 0.118. The maximum absolute atomic E-state index is 12.8. The van der Waals surface area contributed by atoms with E-state index in [1.165, 1.54) is 43.5 Å². The largest absolute Gasteiger partial charge is 0.468 e. The van der Waals surface area contributed by atoms with Crippen molar-refractivity contribution < 1.29 is 23.5 Å². The van der Waals surface area contributed by atoms with Crippen molar-refractivity contribution in [2.45, 2.75) is 0 Å². The summed E-state index contributed by atoms with van der Waals surface area (Å²) in [7, 11) is 1.23. The maximum atomic E-state index is 12.8. The van der Waals surface area contributed by atoms with Gasteiger partial charge in [0.25, 0.3) is 11.8 Å². The van der Waals surface area contributed by atoms with Gasteiger partial charge in [0.2, 0.25) is 0 Å². The lowest BCUT2D eigenvalue weighted by molar-refractivity contribution is -0.139. The number of hydrogen-bond donors (Lipinski definition) is 2. The molecular weight excluding hydrogens is 315 g/mol. The van der Waals surface area contributed by atoms with Crippen molar-refractivity contribution >= 4 is 23.5 Å². The fourth-order valence-corrected chi connectivity index (χ4v) is 1.84. The first-order chi connectivity index (χ1) is 11.5. The van der Waals surface area contributed by atoms with Crippen LogP contribution in [0.5, 0.6) is 0 Å². The number of halogens is 1. The fourth-order valence-electron chi connectivity index (χ4n) is 1.84. The molecule has 6 nitrogen and oxygen atoms in total. The summed E-state index contributed by atoms with van der Waals surface area (Å²) in [5.41, 5.74) is 1.13. The Morgan fingerprint density at radius 3 is 2.04 bits per heavy atom. The monoisotopic (exact) mass is 330 g/mol. The summed E-state index contributed by atoms with van der Waals surface area (Å²) in [6.07, 6.45) is 0. The zero-order chi connectivity index (χ0) is 17.5. The number of esters is 1. The highest BCUT2D eigenvalue weighted by atomic mass is 19.1. The van der Waals surface area contributed by atoms with Crippen LogP contribution in [-0.4, -0.2) is 31.4 Å². The van der Waals surface area contributed by atoms with Crippen molar-refractivity contribution in [2.75, 3.05) is 19.0 Å². The lowest BCUT2D eigenvalue weighted by atomic mass is 10.1. The number of amides is 2. The van der Waals surface area contributed by atoms with E-state index in [2.05, 4.69) is 15.4 Å². The van der Waals surface area contributed by atoms with Crippen molar-refractivity contribution in [3.63, 3.8) is 0 Å². The number of benzene rings is 2. The first-order valence-corrected chi connectivity index (χ1v) is 7.01. The second-order valence-electron chi connectivity index (χ2n) is 4.80. The number of methoxy groups -OCH3 is 1. The molecule has 0 heterocycles. The summed E-state index contributed by atoms with van der Waals surface area (Å²) in [5.74, 6) is -1.80. The quantitative estimate of drug-likeness (QED) is 0.821. The summed E-state index contributed by atoms with van der Waals surface area (Å²) >= 11 is 0. The lowest BCUT2D eigenvalue weighted by Gasteiger charge is -2.07. The van der Waals surface area contributed by atoms with E-state index in [1.807, 2.05) is 0 Å². The van der Waals surface area contributed by atoms with Gasteiger partial charge < -0.3 is 15.4 Å². The molecule has 124 valence electrons. The van der Waals surface area contributed by atoms with Crippen LogP contribution in [0.4, 0.5) is 10.1 Å². The van der Waals surface area contributed by atoms with Crippen LogP contribution >= 0.6 is 0 Å². The molecule has 2 N–H and O–H groups in total. The molecular formula is C17H15FN2O4. The van der Waals surface area contributed by atoms with E-state index in [-0.39, 0.29) is 6.54 Å². The van der Waals surface area contributed by atoms with E-state index >= 15 is 0 Å². The van der Waals surface area contributed by atoms with E-state index in [0.717, 1.165) is 0 Å². The minimum atomic E-state index is -0.550. The molecule has 0 spiro atoms. The molecule has 0 saturated heterocycles. The second-order valence-corrected chi connectivity index (χ2v) is 4.80. The molecule has 0 bridgehead atoms. The molecule has 0 atom stereocenters. The number of ether oxygens (including phenoxy) is 1. The van der Waals surface area contributed by atoms with Gasteiger partial charge in [-0.1, -0.05) is 0 Å². The Kier molecular flexibility index (Phi) is 5.62. The summed E-state index contributed by atoms with van der Waals surface area (Å²) in [6, 6.07) is 11.3. The summed E-state index contributed by atoms with van der Waals surface area (Å²) in [4.78, 5) is 34.8. The molecule has 2 amide bonds. The Balaban J connectivity index is 1.96. The third kappa shape index (κ3) is 4.64. The van der Waals surface area contributed by atoms with E-state index < -0.39 is 23.6 Å². The predicted molar refractivity (Wildman–Crippen MR) is 85.1 cm³/mol. The molecule has 0 unspecified atom stereocenters. The summed E-state index contributed by atoms with van der Waals surface area (Å²) in [5, 5.41) is 5.04. The van der Waals surface area contributed by atoms with Crippen molar-refractivity contribution in [1.29, 1.82) is 0 Å². The number of rotatable bonds is 5. The van der Waals surface area contributed by atoms with Crippen LogP contribution in [0.2, 0.25) is 0 Å². The van der Waals surface area contributed by atoms with E-state index in [4.69, 9.17) is 0 Å². The second kappa shape index (κ2) is 7.87. The van der Waals surface area contributed by atoms with Crippen LogP contribution in [-0.2, 0) is 9.53 Å². The Hall–Kier alpha value is -3.22. The van der Waals surface area contributed by atoms with E-state index in [1.54, 1.807) is 12.1 Å². The Morgan fingerprint density at radius 2 is 1.46 bits per heavy atom. The third-order valence-corrected chi connectivity index (χ3v) is 3.13. The molecule has 2 aromatic rings. The number of hydrogen-bond acceptors (Lipinski definition) is 4. The zero-order valence-corrected chi connectivity index (χ0v) is 12.8. The summed E-state index contributed by atoms with van der Waals surface area (Å²) < 4.78 is 17.3. The molecule has 0 fully saturated rings. The van der Waals surface area contributed by atoms with Crippen LogP contribution < -0.4 is 10.6 Å². The topological polar surface area (TPSA) is 84.5 Å².